The largest absolute Gasteiger partial charge is 0.436 e. The van der Waals surface area contributed by atoms with Crippen LogP contribution in [0.25, 0.3) is 22.8 Å². The molecule has 28 heavy (non-hydrogen) atoms. The lowest BCUT2D eigenvalue weighted by Crippen LogP contribution is -2.14. The molecule has 2 aromatic carbocycles. The molecule has 6 nitrogen and oxygen atoms in total. The van der Waals surface area contributed by atoms with Gasteiger partial charge in [0.25, 0.3) is 10.0 Å². The molecule has 0 fully saturated rings. The van der Waals surface area contributed by atoms with Gasteiger partial charge in [0.15, 0.2) is 5.76 Å². The number of aromatic nitrogens is 2. The van der Waals surface area contributed by atoms with Crippen LogP contribution in [0.4, 0.5) is 5.82 Å². The van der Waals surface area contributed by atoms with E-state index in [9.17, 15) is 8.42 Å². The van der Waals surface area contributed by atoms with Gasteiger partial charge in [-0.15, -0.1) is 0 Å². The van der Waals surface area contributed by atoms with Crippen molar-refractivity contribution in [1.29, 1.82) is 0 Å². The van der Waals surface area contributed by atoms with Crippen LogP contribution < -0.4 is 4.72 Å². The molecule has 2 aromatic heterocycles. The maximum Gasteiger partial charge on any atom is 0.263 e. The Hall–Kier alpha value is -3.45. The number of nitrogens with one attached hydrogen (secondary N) is 1. The standard InChI is InChI=1S/C21H17N3O3S/c1-15-6-5-13-22-20(15)24-28(25,26)18-11-9-17(10-12-18)21-23-14-19(27-21)16-7-3-2-4-8-16/h2-14H,1H3,(H,22,24). The van der Waals surface area contributed by atoms with Crippen molar-refractivity contribution in [3.63, 3.8) is 0 Å². The number of hydrogen-bond acceptors (Lipinski definition) is 5. The fourth-order valence-electron chi connectivity index (χ4n) is 2.70. The second-order valence-corrected chi connectivity index (χ2v) is 7.88. The Morgan fingerprint density at radius 3 is 2.32 bits per heavy atom. The Balaban J connectivity index is 1.57. The van der Waals surface area contributed by atoms with Crippen molar-refractivity contribution < 1.29 is 12.8 Å². The van der Waals surface area contributed by atoms with Crippen LogP contribution in [0, 0.1) is 6.92 Å². The van der Waals surface area contributed by atoms with Crippen molar-refractivity contribution in [2.75, 3.05) is 4.72 Å². The maximum absolute atomic E-state index is 12.6. The Morgan fingerprint density at radius 1 is 0.857 bits per heavy atom. The Kier molecular flexibility index (Phi) is 4.67. The van der Waals surface area contributed by atoms with Crippen molar-refractivity contribution in [3.05, 3.63) is 84.7 Å². The molecule has 4 aromatic rings. The average Bonchev–Trinajstić information content (AvgIpc) is 3.21. The number of anilines is 1. The van der Waals surface area contributed by atoms with Crippen molar-refractivity contribution in [2.24, 2.45) is 0 Å². The van der Waals surface area contributed by atoms with Crippen molar-refractivity contribution >= 4 is 15.8 Å². The number of sulfonamides is 1. The van der Waals surface area contributed by atoms with Gasteiger partial charge in [-0.25, -0.2) is 18.4 Å². The summed E-state index contributed by atoms with van der Waals surface area (Å²) in [4.78, 5) is 8.50. The summed E-state index contributed by atoms with van der Waals surface area (Å²) >= 11 is 0. The molecule has 0 aliphatic heterocycles. The van der Waals surface area contributed by atoms with Gasteiger partial charge in [-0.1, -0.05) is 36.4 Å². The highest BCUT2D eigenvalue weighted by Gasteiger charge is 2.17. The molecule has 2 heterocycles. The molecule has 4 rings (SSSR count). The van der Waals surface area contributed by atoms with E-state index < -0.39 is 10.0 Å². The van der Waals surface area contributed by atoms with E-state index in [0.29, 0.717) is 23.0 Å². The molecule has 0 bridgehead atoms. The third-order valence-corrected chi connectivity index (χ3v) is 5.57. The van der Waals surface area contributed by atoms with Crippen molar-refractivity contribution in [2.45, 2.75) is 11.8 Å². The van der Waals surface area contributed by atoms with E-state index in [-0.39, 0.29) is 4.90 Å². The molecule has 0 aliphatic carbocycles. The van der Waals surface area contributed by atoms with Crippen LogP contribution >= 0.6 is 0 Å². The lowest BCUT2D eigenvalue weighted by molar-refractivity contribution is 0.588. The highest BCUT2D eigenvalue weighted by Crippen LogP contribution is 2.27. The zero-order valence-corrected chi connectivity index (χ0v) is 15.8. The van der Waals surface area contributed by atoms with Crippen LogP contribution in [0.1, 0.15) is 5.56 Å². The van der Waals surface area contributed by atoms with Gasteiger partial charge in [0.2, 0.25) is 5.89 Å². The van der Waals surface area contributed by atoms with E-state index in [0.717, 1.165) is 11.1 Å². The van der Waals surface area contributed by atoms with E-state index in [2.05, 4.69) is 14.7 Å². The highest BCUT2D eigenvalue weighted by molar-refractivity contribution is 7.92. The van der Waals surface area contributed by atoms with Crippen LogP contribution in [-0.4, -0.2) is 18.4 Å². The van der Waals surface area contributed by atoms with Gasteiger partial charge in [0, 0.05) is 17.3 Å². The molecule has 0 amide bonds. The molecular weight excluding hydrogens is 374 g/mol. The molecule has 0 spiro atoms. The first-order valence-electron chi connectivity index (χ1n) is 8.59. The zero-order valence-electron chi connectivity index (χ0n) is 15.0. The number of oxazole rings is 1. The summed E-state index contributed by atoms with van der Waals surface area (Å²) in [5.41, 5.74) is 2.36. The molecule has 0 atom stereocenters. The molecule has 140 valence electrons. The van der Waals surface area contributed by atoms with Gasteiger partial charge in [0.1, 0.15) is 5.82 Å². The Bertz CT molecular complexity index is 1200. The van der Waals surface area contributed by atoms with Gasteiger partial charge in [-0.3, -0.25) is 4.72 Å². The third-order valence-electron chi connectivity index (χ3n) is 4.22. The SMILES string of the molecule is Cc1cccnc1NS(=O)(=O)c1ccc(-c2ncc(-c3ccccc3)o2)cc1. The number of nitrogens with zero attached hydrogens (tertiary/aromatic N) is 2. The van der Waals surface area contributed by atoms with Gasteiger partial charge in [0.05, 0.1) is 11.1 Å². The first kappa shape index (κ1) is 17.9. The quantitative estimate of drug-likeness (QED) is 0.541. The summed E-state index contributed by atoms with van der Waals surface area (Å²) in [6.07, 6.45) is 3.20. The fourth-order valence-corrected chi connectivity index (χ4v) is 3.78. The molecule has 0 saturated heterocycles. The summed E-state index contributed by atoms with van der Waals surface area (Å²) in [5.74, 6) is 1.39. The average molecular weight is 391 g/mol. The lowest BCUT2D eigenvalue weighted by atomic mass is 10.2. The molecule has 0 unspecified atom stereocenters. The first-order valence-corrected chi connectivity index (χ1v) is 10.1. The van der Waals surface area contributed by atoms with Crippen LogP contribution in [0.3, 0.4) is 0 Å². The second kappa shape index (κ2) is 7.28. The van der Waals surface area contributed by atoms with E-state index >= 15 is 0 Å². The smallest absolute Gasteiger partial charge is 0.263 e. The van der Waals surface area contributed by atoms with Gasteiger partial charge < -0.3 is 4.42 Å². The van der Waals surface area contributed by atoms with Crippen molar-refractivity contribution in [3.8, 4) is 22.8 Å². The van der Waals surface area contributed by atoms with Crippen LogP contribution in [0.5, 0.6) is 0 Å². The number of benzene rings is 2. The maximum atomic E-state index is 12.6. The minimum atomic E-state index is -3.74. The van der Waals surface area contributed by atoms with Crippen LogP contribution in [0.2, 0.25) is 0 Å². The minimum Gasteiger partial charge on any atom is -0.436 e. The Morgan fingerprint density at radius 2 is 1.61 bits per heavy atom. The number of pyridine rings is 1. The predicted octanol–water partition coefficient (Wildman–Crippen LogP) is 4.51. The molecule has 0 radical (unpaired) electrons. The summed E-state index contributed by atoms with van der Waals surface area (Å²) in [6.45, 7) is 1.79. The normalized spacial score (nSPS) is 11.3. The van der Waals surface area contributed by atoms with Gasteiger partial charge >= 0.3 is 0 Å². The van der Waals surface area contributed by atoms with Crippen LogP contribution in [0.15, 0.2) is 88.4 Å². The summed E-state index contributed by atoms with van der Waals surface area (Å²) in [7, 11) is -3.74. The number of hydrogen-bond donors (Lipinski definition) is 1. The van der Waals surface area contributed by atoms with E-state index in [1.165, 1.54) is 12.1 Å². The number of rotatable bonds is 5. The van der Waals surface area contributed by atoms with E-state index in [1.54, 1.807) is 43.6 Å². The molecule has 0 saturated carbocycles. The van der Waals surface area contributed by atoms with E-state index in [1.807, 2.05) is 30.3 Å². The fraction of sp³-hybridized carbons (Fsp3) is 0.0476. The third kappa shape index (κ3) is 3.65. The topological polar surface area (TPSA) is 85.1 Å². The summed E-state index contributed by atoms with van der Waals surface area (Å²) in [5, 5.41) is 0. The van der Waals surface area contributed by atoms with Gasteiger partial charge in [-0.05, 0) is 42.8 Å². The van der Waals surface area contributed by atoms with Crippen LogP contribution in [-0.2, 0) is 10.0 Å². The summed E-state index contributed by atoms with van der Waals surface area (Å²) in [6, 6.07) is 19.6. The second-order valence-electron chi connectivity index (χ2n) is 6.19. The predicted molar refractivity (Wildman–Crippen MR) is 107 cm³/mol. The van der Waals surface area contributed by atoms with E-state index in [4.69, 9.17) is 4.42 Å². The first-order chi connectivity index (χ1) is 13.5. The van der Waals surface area contributed by atoms with Gasteiger partial charge in [-0.2, -0.15) is 0 Å². The lowest BCUT2D eigenvalue weighted by Gasteiger charge is -2.09. The Labute approximate surface area is 163 Å². The molecular formula is C21H17N3O3S. The molecule has 7 heteroatoms. The molecule has 0 aliphatic rings. The zero-order chi connectivity index (χ0) is 19.6. The highest BCUT2D eigenvalue weighted by atomic mass is 32.2. The summed E-state index contributed by atoms with van der Waals surface area (Å²) < 4.78 is 33.5. The number of aryl methyl sites for hydroxylation is 1. The minimum absolute atomic E-state index is 0.135. The van der Waals surface area contributed by atoms with Crippen molar-refractivity contribution in [1.82, 2.24) is 9.97 Å². The molecule has 1 N–H and O–H groups in total. The monoisotopic (exact) mass is 391 g/mol.